The van der Waals surface area contributed by atoms with Crippen LogP contribution < -0.4 is 0 Å². The van der Waals surface area contributed by atoms with Crippen LogP contribution in [0, 0.1) is 0 Å². The Hall–Kier alpha value is -2.29. The molecule has 1 aliphatic carbocycles. The van der Waals surface area contributed by atoms with E-state index in [1.807, 2.05) is 36.4 Å². The first-order valence-electron chi connectivity index (χ1n) is 9.39. The number of hydrogen-bond acceptors (Lipinski definition) is 2. The topological polar surface area (TPSA) is 25.2 Å². The van der Waals surface area contributed by atoms with E-state index in [-0.39, 0.29) is 5.78 Å². The van der Waals surface area contributed by atoms with E-state index in [9.17, 15) is 4.79 Å². The maximum atomic E-state index is 12.8. The Bertz CT molecular complexity index is 767. The number of carbonyl (C=O) groups excluding carboxylic acids is 1. The van der Waals surface area contributed by atoms with Crippen LogP contribution in [-0.2, 0) is 19.9 Å². The highest BCUT2D eigenvalue weighted by molar-refractivity contribution is 6.08. The van der Waals surface area contributed by atoms with Gasteiger partial charge in [-0.25, -0.2) is 0 Å². The van der Waals surface area contributed by atoms with E-state index >= 15 is 0 Å². The van der Waals surface area contributed by atoms with Gasteiger partial charge in [-0.1, -0.05) is 30.3 Å². The van der Waals surface area contributed by atoms with Crippen molar-refractivity contribution in [2.45, 2.75) is 39.5 Å². The van der Waals surface area contributed by atoms with E-state index in [1.54, 1.807) is 0 Å². The molecule has 2 aromatic rings. The standard InChI is InChI=1S/C22H28N2O/c1-4-24(5-2)21(15-22(25)17-11-7-6-8-12-17)19-16-23(3)20-14-10-9-13-18(19)20/h6-8,11-12,15-16H,4-5,9-10,13-14H2,1-3H3/b21-15+. The average molecular weight is 336 g/mol. The number of allylic oxidation sites excluding steroid dienone is 1. The Kier molecular flexibility index (Phi) is 5.42. The largest absolute Gasteiger partial charge is 0.371 e. The van der Waals surface area contributed by atoms with Gasteiger partial charge in [0.1, 0.15) is 0 Å². The summed E-state index contributed by atoms with van der Waals surface area (Å²) in [6, 6.07) is 9.56. The van der Waals surface area contributed by atoms with Crippen molar-refractivity contribution >= 4 is 11.5 Å². The number of nitrogens with zero attached hydrogens (tertiary/aromatic N) is 2. The fourth-order valence-electron chi connectivity index (χ4n) is 3.85. The molecule has 1 heterocycles. The number of rotatable bonds is 6. The maximum absolute atomic E-state index is 12.8. The number of fused-ring (bicyclic) bond motifs is 1. The lowest BCUT2D eigenvalue weighted by Crippen LogP contribution is -2.22. The molecular weight excluding hydrogens is 308 g/mol. The second-order valence-corrected chi connectivity index (χ2v) is 6.72. The first-order valence-corrected chi connectivity index (χ1v) is 9.39. The van der Waals surface area contributed by atoms with Crippen molar-refractivity contribution in [2.75, 3.05) is 13.1 Å². The molecule has 0 unspecified atom stereocenters. The van der Waals surface area contributed by atoms with Crippen molar-refractivity contribution in [3.8, 4) is 0 Å². The summed E-state index contributed by atoms with van der Waals surface area (Å²) in [5.41, 5.74) is 5.93. The lowest BCUT2D eigenvalue weighted by molar-refractivity contribution is 0.104. The maximum Gasteiger partial charge on any atom is 0.187 e. The molecule has 1 aromatic heterocycles. The van der Waals surface area contributed by atoms with E-state index in [4.69, 9.17) is 0 Å². The van der Waals surface area contributed by atoms with Crippen LogP contribution in [0.25, 0.3) is 5.70 Å². The minimum atomic E-state index is 0.0795. The van der Waals surface area contributed by atoms with Crippen molar-refractivity contribution in [1.29, 1.82) is 0 Å². The SMILES string of the molecule is CCN(CC)/C(=C/C(=O)c1ccccc1)c1cn(C)c2c1CCCC2. The lowest BCUT2D eigenvalue weighted by Gasteiger charge is -2.25. The minimum Gasteiger partial charge on any atom is -0.371 e. The molecule has 3 rings (SSSR count). The molecule has 25 heavy (non-hydrogen) atoms. The summed E-state index contributed by atoms with van der Waals surface area (Å²) in [4.78, 5) is 15.1. The Balaban J connectivity index is 2.07. The van der Waals surface area contributed by atoms with Gasteiger partial charge in [0.05, 0.1) is 0 Å². The highest BCUT2D eigenvalue weighted by Gasteiger charge is 2.22. The molecule has 1 aromatic carbocycles. The fraction of sp³-hybridized carbons (Fsp3) is 0.409. The Morgan fingerprint density at radius 3 is 2.48 bits per heavy atom. The molecule has 0 atom stereocenters. The molecule has 0 bridgehead atoms. The third-order valence-electron chi connectivity index (χ3n) is 5.22. The highest BCUT2D eigenvalue weighted by Crippen LogP contribution is 2.32. The summed E-state index contributed by atoms with van der Waals surface area (Å²) in [7, 11) is 2.13. The van der Waals surface area contributed by atoms with Crippen molar-refractivity contribution in [2.24, 2.45) is 7.05 Å². The van der Waals surface area contributed by atoms with Crippen molar-refractivity contribution < 1.29 is 4.79 Å². The Morgan fingerprint density at radius 1 is 1.12 bits per heavy atom. The molecule has 0 fully saturated rings. The van der Waals surface area contributed by atoms with Gasteiger partial charge in [0.15, 0.2) is 5.78 Å². The molecule has 3 heteroatoms. The van der Waals surface area contributed by atoms with E-state index in [0.717, 1.165) is 37.2 Å². The van der Waals surface area contributed by atoms with Crippen LogP contribution >= 0.6 is 0 Å². The van der Waals surface area contributed by atoms with Crippen LogP contribution in [0.15, 0.2) is 42.6 Å². The quantitative estimate of drug-likeness (QED) is 0.574. The number of hydrogen-bond donors (Lipinski definition) is 0. The van der Waals surface area contributed by atoms with Gasteiger partial charge < -0.3 is 9.47 Å². The number of aryl methyl sites for hydroxylation is 1. The van der Waals surface area contributed by atoms with Crippen LogP contribution in [-0.4, -0.2) is 28.3 Å². The summed E-state index contributed by atoms with van der Waals surface area (Å²) in [5.74, 6) is 0.0795. The zero-order valence-corrected chi connectivity index (χ0v) is 15.6. The van der Waals surface area contributed by atoms with E-state index in [2.05, 4.69) is 36.6 Å². The molecular formula is C22H28N2O. The number of carbonyl (C=O) groups is 1. The van der Waals surface area contributed by atoms with Gasteiger partial charge in [-0.2, -0.15) is 0 Å². The second kappa shape index (κ2) is 7.73. The predicted molar refractivity (Wildman–Crippen MR) is 104 cm³/mol. The highest BCUT2D eigenvalue weighted by atomic mass is 16.1. The molecule has 0 saturated carbocycles. The van der Waals surface area contributed by atoms with Crippen molar-refractivity contribution in [3.05, 3.63) is 65.0 Å². The first-order chi connectivity index (χ1) is 12.2. The molecule has 0 saturated heterocycles. The number of ketones is 1. The third-order valence-corrected chi connectivity index (χ3v) is 5.22. The molecule has 1 aliphatic rings. The molecule has 0 amide bonds. The summed E-state index contributed by atoms with van der Waals surface area (Å²) in [5, 5.41) is 0. The summed E-state index contributed by atoms with van der Waals surface area (Å²) in [6.07, 6.45) is 8.82. The fourth-order valence-corrected chi connectivity index (χ4v) is 3.85. The van der Waals surface area contributed by atoms with Crippen LogP contribution in [0.1, 0.15) is 53.9 Å². The van der Waals surface area contributed by atoms with E-state index < -0.39 is 0 Å². The molecule has 0 radical (unpaired) electrons. The smallest absolute Gasteiger partial charge is 0.187 e. The normalized spacial score (nSPS) is 14.3. The molecule has 3 nitrogen and oxygen atoms in total. The summed E-state index contributed by atoms with van der Waals surface area (Å²) in [6.45, 7) is 6.10. The second-order valence-electron chi connectivity index (χ2n) is 6.72. The van der Waals surface area contributed by atoms with Crippen molar-refractivity contribution in [3.63, 3.8) is 0 Å². The lowest BCUT2D eigenvalue weighted by atomic mass is 9.93. The van der Waals surface area contributed by atoms with Gasteiger partial charge in [-0.15, -0.1) is 0 Å². The van der Waals surface area contributed by atoms with Gasteiger partial charge in [0.25, 0.3) is 0 Å². The van der Waals surface area contributed by atoms with Gasteiger partial charge in [0.2, 0.25) is 0 Å². The van der Waals surface area contributed by atoms with Crippen LogP contribution in [0.4, 0.5) is 0 Å². The zero-order chi connectivity index (χ0) is 17.8. The minimum absolute atomic E-state index is 0.0795. The Morgan fingerprint density at radius 2 is 1.80 bits per heavy atom. The van der Waals surface area contributed by atoms with Crippen molar-refractivity contribution in [1.82, 2.24) is 9.47 Å². The van der Waals surface area contributed by atoms with Crippen LogP contribution in [0.5, 0.6) is 0 Å². The van der Waals surface area contributed by atoms with E-state index in [1.165, 1.54) is 29.7 Å². The monoisotopic (exact) mass is 336 g/mol. The summed E-state index contributed by atoms with van der Waals surface area (Å²) < 4.78 is 2.26. The molecule has 0 aliphatic heterocycles. The van der Waals surface area contributed by atoms with Gasteiger partial charge in [0, 0.05) is 54.9 Å². The predicted octanol–water partition coefficient (Wildman–Crippen LogP) is 4.47. The molecule has 132 valence electrons. The summed E-state index contributed by atoms with van der Waals surface area (Å²) >= 11 is 0. The van der Waals surface area contributed by atoms with Gasteiger partial charge in [-0.05, 0) is 45.1 Å². The average Bonchev–Trinajstić information content (AvgIpc) is 2.99. The zero-order valence-electron chi connectivity index (χ0n) is 15.6. The first kappa shape index (κ1) is 17.5. The van der Waals surface area contributed by atoms with Gasteiger partial charge in [-0.3, -0.25) is 4.79 Å². The number of benzene rings is 1. The number of aromatic nitrogens is 1. The molecule has 0 spiro atoms. The third kappa shape index (κ3) is 3.55. The van der Waals surface area contributed by atoms with Crippen LogP contribution in [0.3, 0.4) is 0 Å². The van der Waals surface area contributed by atoms with Crippen LogP contribution in [0.2, 0.25) is 0 Å². The van der Waals surface area contributed by atoms with Gasteiger partial charge >= 0.3 is 0 Å². The van der Waals surface area contributed by atoms with E-state index in [0.29, 0.717) is 0 Å². The Labute approximate surface area is 151 Å². The molecule has 0 N–H and O–H groups in total.